The van der Waals surface area contributed by atoms with Gasteiger partial charge in [0.15, 0.2) is 5.75 Å². The summed E-state index contributed by atoms with van der Waals surface area (Å²) >= 11 is 6.13. The molecule has 1 aliphatic rings. The number of ether oxygens (including phenoxy) is 1. The molecule has 2 N–H and O–H groups in total. The maximum Gasteiger partial charge on any atom is 0.227 e. The SMILES string of the molecule is Cl.O=C(Nc1ccccc1Oc1ccccc1Cl)C1CCNCC1. The Labute approximate surface area is 153 Å². The van der Waals surface area contributed by atoms with Crippen molar-refractivity contribution in [1.82, 2.24) is 5.32 Å². The summed E-state index contributed by atoms with van der Waals surface area (Å²) in [6, 6.07) is 14.7. The van der Waals surface area contributed by atoms with Crippen LogP contribution in [0.5, 0.6) is 11.5 Å². The molecule has 24 heavy (non-hydrogen) atoms. The first-order valence-electron chi connectivity index (χ1n) is 7.77. The summed E-state index contributed by atoms with van der Waals surface area (Å²) in [5.41, 5.74) is 0.663. The summed E-state index contributed by atoms with van der Waals surface area (Å²) in [5, 5.41) is 6.78. The van der Waals surface area contributed by atoms with Crippen molar-refractivity contribution in [2.24, 2.45) is 5.92 Å². The summed E-state index contributed by atoms with van der Waals surface area (Å²) in [5.74, 6) is 1.24. The van der Waals surface area contributed by atoms with Crippen LogP contribution < -0.4 is 15.4 Å². The average Bonchev–Trinajstić information content (AvgIpc) is 2.59. The van der Waals surface area contributed by atoms with Gasteiger partial charge >= 0.3 is 0 Å². The molecule has 0 spiro atoms. The molecule has 3 rings (SSSR count). The van der Waals surface area contributed by atoms with Crippen LogP contribution in [0.4, 0.5) is 5.69 Å². The number of benzene rings is 2. The Balaban J connectivity index is 0.00000208. The van der Waals surface area contributed by atoms with E-state index in [2.05, 4.69) is 10.6 Å². The lowest BCUT2D eigenvalue weighted by Gasteiger charge is -2.22. The molecule has 2 aromatic carbocycles. The van der Waals surface area contributed by atoms with Crippen molar-refractivity contribution in [3.63, 3.8) is 0 Å². The minimum atomic E-state index is 0. The predicted molar refractivity (Wildman–Crippen MR) is 99.4 cm³/mol. The molecule has 0 aromatic heterocycles. The standard InChI is InChI=1S/C18H19ClN2O2.ClH/c19-14-5-1-3-7-16(14)23-17-8-4-2-6-15(17)21-18(22)13-9-11-20-12-10-13;/h1-8,13,20H,9-12H2,(H,21,22);1H. The number of hydrogen-bond donors (Lipinski definition) is 2. The van der Waals surface area contributed by atoms with E-state index >= 15 is 0 Å². The molecule has 1 amide bonds. The van der Waals surface area contributed by atoms with Crippen LogP contribution in [0.3, 0.4) is 0 Å². The van der Waals surface area contributed by atoms with E-state index in [4.69, 9.17) is 16.3 Å². The van der Waals surface area contributed by atoms with Crippen molar-refractivity contribution in [3.8, 4) is 11.5 Å². The lowest BCUT2D eigenvalue weighted by molar-refractivity contribution is -0.120. The zero-order valence-electron chi connectivity index (χ0n) is 13.1. The third kappa shape index (κ3) is 4.63. The smallest absolute Gasteiger partial charge is 0.227 e. The van der Waals surface area contributed by atoms with Gasteiger partial charge in [-0.25, -0.2) is 0 Å². The second-order valence-corrected chi connectivity index (χ2v) is 5.95. The molecule has 2 aromatic rings. The number of rotatable bonds is 4. The average molecular weight is 367 g/mol. The first-order chi connectivity index (χ1) is 11.2. The summed E-state index contributed by atoms with van der Waals surface area (Å²) in [6.07, 6.45) is 1.72. The number of piperidine rings is 1. The Bertz CT molecular complexity index is 688. The normalized spacial score (nSPS) is 14.5. The van der Waals surface area contributed by atoms with Crippen LogP contribution in [0.25, 0.3) is 0 Å². The molecule has 0 aliphatic carbocycles. The van der Waals surface area contributed by atoms with Crippen LogP contribution in [0, 0.1) is 5.92 Å². The lowest BCUT2D eigenvalue weighted by Crippen LogP contribution is -2.34. The Hall–Kier alpha value is -1.75. The van der Waals surface area contributed by atoms with Crippen LogP contribution in [0.15, 0.2) is 48.5 Å². The highest BCUT2D eigenvalue weighted by atomic mass is 35.5. The number of carbonyl (C=O) groups is 1. The fourth-order valence-electron chi connectivity index (χ4n) is 2.62. The molecule has 4 nitrogen and oxygen atoms in total. The van der Waals surface area contributed by atoms with Gasteiger partial charge in [0.2, 0.25) is 5.91 Å². The van der Waals surface area contributed by atoms with Gasteiger partial charge in [-0.1, -0.05) is 35.9 Å². The van der Waals surface area contributed by atoms with Crippen molar-refractivity contribution in [2.75, 3.05) is 18.4 Å². The van der Waals surface area contributed by atoms with Gasteiger partial charge in [-0.05, 0) is 50.2 Å². The molecule has 1 fully saturated rings. The number of amides is 1. The maximum absolute atomic E-state index is 12.4. The van der Waals surface area contributed by atoms with Crippen molar-refractivity contribution >= 4 is 35.6 Å². The van der Waals surface area contributed by atoms with E-state index in [0.29, 0.717) is 22.2 Å². The molecular weight excluding hydrogens is 347 g/mol. The highest BCUT2D eigenvalue weighted by molar-refractivity contribution is 6.32. The zero-order valence-corrected chi connectivity index (χ0v) is 14.7. The van der Waals surface area contributed by atoms with Gasteiger partial charge in [0.25, 0.3) is 0 Å². The fourth-order valence-corrected chi connectivity index (χ4v) is 2.80. The molecule has 0 unspecified atom stereocenters. The Morgan fingerprint density at radius 3 is 2.38 bits per heavy atom. The van der Waals surface area contributed by atoms with Gasteiger partial charge in [0, 0.05) is 5.92 Å². The molecule has 0 saturated carbocycles. The molecule has 0 bridgehead atoms. The van der Waals surface area contributed by atoms with Crippen LogP contribution >= 0.6 is 24.0 Å². The van der Waals surface area contributed by atoms with Gasteiger partial charge in [0.1, 0.15) is 5.75 Å². The van der Waals surface area contributed by atoms with Gasteiger partial charge in [-0.2, -0.15) is 0 Å². The monoisotopic (exact) mass is 366 g/mol. The first kappa shape index (κ1) is 18.6. The van der Waals surface area contributed by atoms with E-state index in [0.717, 1.165) is 25.9 Å². The summed E-state index contributed by atoms with van der Waals surface area (Å²) in [6.45, 7) is 1.77. The molecule has 1 aliphatic heterocycles. The number of hydrogen-bond acceptors (Lipinski definition) is 3. The molecule has 128 valence electrons. The minimum absolute atomic E-state index is 0. The van der Waals surface area contributed by atoms with Crippen molar-refractivity contribution in [3.05, 3.63) is 53.6 Å². The molecule has 0 radical (unpaired) electrons. The number of carbonyl (C=O) groups excluding carboxylic acids is 1. The van der Waals surface area contributed by atoms with Crippen LogP contribution in [-0.2, 0) is 4.79 Å². The van der Waals surface area contributed by atoms with Gasteiger partial charge < -0.3 is 15.4 Å². The minimum Gasteiger partial charge on any atom is -0.454 e. The molecule has 1 heterocycles. The molecule has 1 saturated heterocycles. The highest BCUT2D eigenvalue weighted by Crippen LogP contribution is 2.33. The maximum atomic E-state index is 12.4. The zero-order chi connectivity index (χ0) is 16.1. The van der Waals surface area contributed by atoms with E-state index in [1.54, 1.807) is 12.1 Å². The fraction of sp³-hybridized carbons (Fsp3) is 0.278. The third-order valence-electron chi connectivity index (χ3n) is 3.91. The van der Waals surface area contributed by atoms with E-state index in [9.17, 15) is 4.79 Å². The van der Waals surface area contributed by atoms with Crippen LogP contribution in [0.1, 0.15) is 12.8 Å². The van der Waals surface area contributed by atoms with E-state index in [-0.39, 0.29) is 24.2 Å². The number of halogens is 2. The lowest BCUT2D eigenvalue weighted by atomic mass is 9.97. The van der Waals surface area contributed by atoms with E-state index < -0.39 is 0 Å². The Kier molecular flexibility index (Phi) is 6.91. The second kappa shape index (κ2) is 8.92. The summed E-state index contributed by atoms with van der Waals surface area (Å²) in [7, 11) is 0. The number of nitrogens with one attached hydrogen (secondary N) is 2. The van der Waals surface area contributed by atoms with Crippen molar-refractivity contribution in [2.45, 2.75) is 12.8 Å². The molecular formula is C18H20Cl2N2O2. The predicted octanol–water partition coefficient (Wildman–Crippen LogP) is 4.49. The third-order valence-corrected chi connectivity index (χ3v) is 4.22. The molecule has 0 atom stereocenters. The van der Waals surface area contributed by atoms with E-state index in [1.165, 1.54) is 0 Å². The largest absolute Gasteiger partial charge is 0.454 e. The first-order valence-corrected chi connectivity index (χ1v) is 8.15. The Morgan fingerprint density at radius 2 is 1.67 bits per heavy atom. The van der Waals surface area contributed by atoms with Crippen molar-refractivity contribution in [1.29, 1.82) is 0 Å². The Morgan fingerprint density at radius 1 is 1.04 bits per heavy atom. The second-order valence-electron chi connectivity index (χ2n) is 5.54. The van der Waals surface area contributed by atoms with E-state index in [1.807, 2.05) is 36.4 Å². The number of para-hydroxylation sites is 3. The topological polar surface area (TPSA) is 50.4 Å². The van der Waals surface area contributed by atoms with Gasteiger partial charge in [-0.3, -0.25) is 4.79 Å². The van der Waals surface area contributed by atoms with Crippen LogP contribution in [0.2, 0.25) is 5.02 Å². The summed E-state index contributed by atoms with van der Waals surface area (Å²) in [4.78, 5) is 12.4. The highest BCUT2D eigenvalue weighted by Gasteiger charge is 2.21. The summed E-state index contributed by atoms with van der Waals surface area (Å²) < 4.78 is 5.87. The number of anilines is 1. The van der Waals surface area contributed by atoms with Gasteiger partial charge in [-0.15, -0.1) is 12.4 Å². The van der Waals surface area contributed by atoms with Crippen LogP contribution in [-0.4, -0.2) is 19.0 Å². The van der Waals surface area contributed by atoms with Crippen molar-refractivity contribution < 1.29 is 9.53 Å². The van der Waals surface area contributed by atoms with Gasteiger partial charge in [0.05, 0.1) is 10.7 Å². The quantitative estimate of drug-likeness (QED) is 0.837. The molecule has 6 heteroatoms.